The molecule has 0 aliphatic carbocycles. The summed E-state index contributed by atoms with van der Waals surface area (Å²) < 4.78 is 3.21. The highest BCUT2D eigenvalue weighted by atomic mass is 16.6. The first-order valence-corrected chi connectivity index (χ1v) is 7.96. The highest BCUT2D eigenvalue weighted by Gasteiger charge is 2.21. The summed E-state index contributed by atoms with van der Waals surface area (Å²) in [6, 6.07) is 13.2. The highest BCUT2D eigenvalue weighted by Crippen LogP contribution is 2.25. The molecule has 3 heterocycles. The maximum absolute atomic E-state index is 11.4. The van der Waals surface area contributed by atoms with Crippen molar-refractivity contribution in [2.45, 2.75) is 13.1 Å². The molecule has 9 nitrogen and oxygen atoms in total. The predicted molar refractivity (Wildman–Crippen MR) is 94.7 cm³/mol. The quantitative estimate of drug-likeness (QED) is 0.424. The molecule has 0 fully saturated rings. The molecule has 0 radical (unpaired) electrons. The molecule has 26 heavy (non-hydrogen) atoms. The molecule has 4 aromatic rings. The molecular formula is C17H15N7O2. The SMILES string of the molecule is O=[N+]([O-])c1c(NCc2ccc(Cn3cncn3)cc2)nc2ccccn12. The van der Waals surface area contributed by atoms with Gasteiger partial charge in [0.2, 0.25) is 11.5 Å². The van der Waals surface area contributed by atoms with Crippen LogP contribution in [0.4, 0.5) is 11.6 Å². The number of nitrogens with one attached hydrogen (secondary N) is 1. The van der Waals surface area contributed by atoms with Crippen LogP contribution in [0.2, 0.25) is 0 Å². The second-order valence-corrected chi connectivity index (χ2v) is 5.73. The average Bonchev–Trinajstić information content (AvgIpc) is 3.28. The predicted octanol–water partition coefficient (Wildman–Crippen LogP) is 2.49. The Balaban J connectivity index is 1.49. The van der Waals surface area contributed by atoms with Gasteiger partial charge in [0.25, 0.3) is 0 Å². The van der Waals surface area contributed by atoms with Crippen LogP contribution in [0.3, 0.4) is 0 Å². The first-order chi connectivity index (χ1) is 12.7. The minimum Gasteiger partial charge on any atom is -0.359 e. The van der Waals surface area contributed by atoms with Gasteiger partial charge >= 0.3 is 5.82 Å². The number of pyridine rings is 1. The zero-order chi connectivity index (χ0) is 17.9. The standard InChI is InChI=1S/C17H15N7O2/c25-24(26)17-16(21-15-3-1-2-8-23(15)17)19-9-13-4-6-14(7-5-13)10-22-12-18-11-20-22/h1-8,11-12,19H,9-10H2. The summed E-state index contributed by atoms with van der Waals surface area (Å²) >= 11 is 0. The van der Waals surface area contributed by atoms with Gasteiger partial charge in [0.1, 0.15) is 12.7 Å². The number of aromatic nitrogens is 5. The van der Waals surface area contributed by atoms with Crippen LogP contribution in [0.25, 0.3) is 5.65 Å². The number of rotatable bonds is 6. The summed E-state index contributed by atoms with van der Waals surface area (Å²) in [5, 5.41) is 18.5. The summed E-state index contributed by atoms with van der Waals surface area (Å²) in [5.74, 6) is 0.191. The topological polar surface area (TPSA) is 103 Å². The van der Waals surface area contributed by atoms with Gasteiger partial charge in [0.15, 0.2) is 0 Å². The summed E-state index contributed by atoms with van der Waals surface area (Å²) in [7, 11) is 0. The fourth-order valence-electron chi connectivity index (χ4n) is 2.73. The molecule has 0 bridgehead atoms. The van der Waals surface area contributed by atoms with E-state index in [1.165, 1.54) is 10.7 Å². The van der Waals surface area contributed by atoms with Crippen LogP contribution in [0.15, 0.2) is 61.3 Å². The Hall–Kier alpha value is -3.75. The number of hydrogen-bond acceptors (Lipinski definition) is 6. The van der Waals surface area contributed by atoms with Gasteiger partial charge in [-0.25, -0.2) is 9.67 Å². The van der Waals surface area contributed by atoms with Gasteiger partial charge in [-0.15, -0.1) is 0 Å². The van der Waals surface area contributed by atoms with Crippen LogP contribution in [0.1, 0.15) is 11.1 Å². The number of imidazole rings is 1. The van der Waals surface area contributed by atoms with E-state index in [-0.39, 0.29) is 11.6 Å². The van der Waals surface area contributed by atoms with Gasteiger partial charge < -0.3 is 15.4 Å². The number of anilines is 1. The molecular weight excluding hydrogens is 334 g/mol. The first kappa shape index (κ1) is 15.8. The zero-order valence-electron chi connectivity index (χ0n) is 13.7. The molecule has 0 saturated carbocycles. The minimum atomic E-state index is -0.427. The van der Waals surface area contributed by atoms with E-state index in [1.54, 1.807) is 35.4 Å². The van der Waals surface area contributed by atoms with Gasteiger partial charge in [-0.3, -0.25) is 0 Å². The zero-order valence-corrected chi connectivity index (χ0v) is 13.7. The van der Waals surface area contributed by atoms with E-state index in [9.17, 15) is 10.1 Å². The molecule has 0 aliphatic rings. The summed E-state index contributed by atoms with van der Waals surface area (Å²) in [6.07, 6.45) is 4.79. The van der Waals surface area contributed by atoms with E-state index in [2.05, 4.69) is 20.4 Å². The molecule has 0 aliphatic heterocycles. The molecule has 1 aromatic carbocycles. The highest BCUT2D eigenvalue weighted by molar-refractivity contribution is 5.62. The fraction of sp³-hybridized carbons (Fsp3) is 0.118. The second kappa shape index (κ2) is 6.63. The third-order valence-corrected chi connectivity index (χ3v) is 3.97. The van der Waals surface area contributed by atoms with Crippen molar-refractivity contribution in [2.24, 2.45) is 0 Å². The molecule has 0 unspecified atom stereocenters. The maximum atomic E-state index is 11.4. The Morgan fingerprint density at radius 3 is 2.65 bits per heavy atom. The third-order valence-electron chi connectivity index (χ3n) is 3.97. The van der Waals surface area contributed by atoms with E-state index < -0.39 is 4.92 Å². The van der Waals surface area contributed by atoms with Gasteiger partial charge in [-0.2, -0.15) is 14.5 Å². The summed E-state index contributed by atoms with van der Waals surface area (Å²) in [6.45, 7) is 1.08. The van der Waals surface area contributed by atoms with Crippen LogP contribution in [-0.4, -0.2) is 29.1 Å². The van der Waals surface area contributed by atoms with Gasteiger partial charge in [-0.1, -0.05) is 30.3 Å². The van der Waals surface area contributed by atoms with E-state index in [0.29, 0.717) is 18.7 Å². The fourth-order valence-corrected chi connectivity index (χ4v) is 2.73. The Morgan fingerprint density at radius 2 is 1.92 bits per heavy atom. The van der Waals surface area contributed by atoms with Crippen LogP contribution < -0.4 is 5.32 Å². The molecule has 0 amide bonds. The molecule has 0 saturated heterocycles. The number of nitro groups is 1. The Kier molecular flexibility index (Phi) is 4.02. The molecule has 130 valence electrons. The molecule has 0 atom stereocenters. The molecule has 1 N–H and O–H groups in total. The molecule has 9 heteroatoms. The largest absolute Gasteiger partial charge is 0.372 e. The van der Waals surface area contributed by atoms with Crippen molar-refractivity contribution in [1.29, 1.82) is 0 Å². The van der Waals surface area contributed by atoms with Crippen LogP contribution in [0.5, 0.6) is 0 Å². The lowest BCUT2D eigenvalue weighted by Gasteiger charge is -2.06. The van der Waals surface area contributed by atoms with Crippen molar-refractivity contribution in [3.8, 4) is 0 Å². The Bertz CT molecular complexity index is 1040. The normalized spacial score (nSPS) is 10.9. The number of hydrogen-bond donors (Lipinski definition) is 1. The van der Waals surface area contributed by atoms with Crippen molar-refractivity contribution in [1.82, 2.24) is 24.1 Å². The van der Waals surface area contributed by atoms with Crippen molar-refractivity contribution in [3.63, 3.8) is 0 Å². The monoisotopic (exact) mass is 349 g/mol. The van der Waals surface area contributed by atoms with Crippen LogP contribution in [-0.2, 0) is 13.1 Å². The number of nitrogens with zero attached hydrogens (tertiary/aromatic N) is 6. The van der Waals surface area contributed by atoms with Gasteiger partial charge in [0.05, 0.1) is 12.7 Å². The minimum absolute atomic E-state index is 0.0663. The van der Waals surface area contributed by atoms with E-state index in [0.717, 1.165) is 11.1 Å². The lowest BCUT2D eigenvalue weighted by molar-refractivity contribution is -0.389. The Morgan fingerprint density at radius 1 is 1.12 bits per heavy atom. The van der Waals surface area contributed by atoms with Crippen LogP contribution >= 0.6 is 0 Å². The van der Waals surface area contributed by atoms with Crippen molar-refractivity contribution >= 4 is 17.3 Å². The lowest BCUT2D eigenvalue weighted by Crippen LogP contribution is -2.04. The van der Waals surface area contributed by atoms with Crippen molar-refractivity contribution < 1.29 is 4.92 Å². The molecule has 0 spiro atoms. The summed E-state index contributed by atoms with van der Waals surface area (Å²) in [4.78, 5) is 19.2. The van der Waals surface area contributed by atoms with Gasteiger partial charge in [0, 0.05) is 12.6 Å². The van der Waals surface area contributed by atoms with Crippen LogP contribution in [0, 0.1) is 10.1 Å². The third kappa shape index (κ3) is 3.09. The van der Waals surface area contributed by atoms with Crippen molar-refractivity contribution in [2.75, 3.05) is 5.32 Å². The first-order valence-electron chi connectivity index (χ1n) is 7.96. The van der Waals surface area contributed by atoms with E-state index >= 15 is 0 Å². The second-order valence-electron chi connectivity index (χ2n) is 5.73. The maximum Gasteiger partial charge on any atom is 0.372 e. The van der Waals surface area contributed by atoms with E-state index in [4.69, 9.17) is 0 Å². The van der Waals surface area contributed by atoms with Gasteiger partial charge in [-0.05, 0) is 22.1 Å². The van der Waals surface area contributed by atoms with E-state index in [1.807, 2.05) is 24.3 Å². The Labute approximate surface area is 148 Å². The molecule has 4 rings (SSSR count). The smallest absolute Gasteiger partial charge is 0.359 e. The van der Waals surface area contributed by atoms with Crippen molar-refractivity contribution in [3.05, 3.63) is 82.6 Å². The summed E-state index contributed by atoms with van der Waals surface area (Å²) in [5.41, 5.74) is 2.63. The lowest BCUT2D eigenvalue weighted by atomic mass is 10.1. The molecule has 3 aromatic heterocycles. The number of fused-ring (bicyclic) bond motifs is 1. The number of benzene rings is 1. The average molecular weight is 349 g/mol.